The third kappa shape index (κ3) is 5.43. The topological polar surface area (TPSA) is 119 Å². The standard InChI is InChI=1S/C22H26ClN3O7S/c1-24(14-15-4-7-19(32-2)20(12-15)33-3)22(27)16-8-10-25(11-9-16)34(30,31)21-13-17(26(28)29)5-6-18(21)23/h4-7,12-13,16H,8-11,14H2,1-3H3. The first-order valence-electron chi connectivity index (χ1n) is 10.5. The van der Waals surface area contributed by atoms with Crippen LogP contribution in [0.5, 0.6) is 11.5 Å². The third-order valence-electron chi connectivity index (χ3n) is 5.79. The van der Waals surface area contributed by atoms with Crippen molar-refractivity contribution in [1.82, 2.24) is 9.21 Å². The molecule has 1 amide bonds. The van der Waals surface area contributed by atoms with Gasteiger partial charge in [-0.3, -0.25) is 14.9 Å². The van der Waals surface area contributed by atoms with E-state index in [1.54, 1.807) is 38.3 Å². The van der Waals surface area contributed by atoms with E-state index in [2.05, 4.69) is 0 Å². The Kier molecular flexibility index (Phi) is 8.01. The molecule has 1 aliphatic heterocycles. The van der Waals surface area contributed by atoms with E-state index < -0.39 is 14.9 Å². The highest BCUT2D eigenvalue weighted by atomic mass is 35.5. The molecule has 0 unspecified atom stereocenters. The molecule has 0 bridgehead atoms. The molecule has 10 nitrogen and oxygen atoms in total. The molecule has 1 saturated heterocycles. The largest absolute Gasteiger partial charge is 0.493 e. The minimum Gasteiger partial charge on any atom is -0.493 e. The number of nitro benzene ring substituents is 1. The fourth-order valence-corrected chi connectivity index (χ4v) is 5.89. The highest BCUT2D eigenvalue weighted by Gasteiger charge is 2.35. The van der Waals surface area contributed by atoms with Crippen LogP contribution in [0.15, 0.2) is 41.3 Å². The molecule has 34 heavy (non-hydrogen) atoms. The fraction of sp³-hybridized carbons (Fsp3) is 0.409. The number of non-ortho nitro benzene ring substituents is 1. The van der Waals surface area contributed by atoms with Gasteiger partial charge in [-0.25, -0.2) is 8.42 Å². The Bertz CT molecular complexity index is 1180. The summed E-state index contributed by atoms with van der Waals surface area (Å²) in [6.07, 6.45) is 0.668. The Labute approximate surface area is 203 Å². The molecule has 184 valence electrons. The average Bonchev–Trinajstić information content (AvgIpc) is 2.83. The molecule has 0 aromatic heterocycles. The van der Waals surface area contributed by atoms with Crippen molar-refractivity contribution in [3.05, 3.63) is 57.1 Å². The Morgan fingerprint density at radius 1 is 1.15 bits per heavy atom. The molecule has 12 heteroatoms. The maximum atomic E-state index is 13.0. The molecule has 2 aromatic rings. The van der Waals surface area contributed by atoms with Crippen LogP contribution >= 0.6 is 11.6 Å². The first-order valence-corrected chi connectivity index (χ1v) is 12.3. The highest BCUT2D eigenvalue weighted by molar-refractivity contribution is 7.89. The van der Waals surface area contributed by atoms with Gasteiger partial charge in [0.15, 0.2) is 11.5 Å². The van der Waals surface area contributed by atoms with Crippen LogP contribution in [0.3, 0.4) is 0 Å². The van der Waals surface area contributed by atoms with Crippen molar-refractivity contribution >= 4 is 33.2 Å². The van der Waals surface area contributed by atoms with Gasteiger partial charge in [0.2, 0.25) is 15.9 Å². The van der Waals surface area contributed by atoms with Crippen molar-refractivity contribution in [2.75, 3.05) is 34.4 Å². The summed E-state index contributed by atoms with van der Waals surface area (Å²) < 4.78 is 37.9. The van der Waals surface area contributed by atoms with E-state index in [1.165, 1.54) is 10.4 Å². The molecule has 0 spiro atoms. The zero-order chi connectivity index (χ0) is 25.0. The van der Waals surface area contributed by atoms with Crippen LogP contribution in [-0.2, 0) is 21.4 Å². The van der Waals surface area contributed by atoms with Crippen LogP contribution in [-0.4, -0.2) is 62.8 Å². The van der Waals surface area contributed by atoms with Crippen molar-refractivity contribution < 1.29 is 27.6 Å². The van der Waals surface area contributed by atoms with E-state index in [9.17, 15) is 23.3 Å². The maximum absolute atomic E-state index is 13.0. The average molecular weight is 512 g/mol. The van der Waals surface area contributed by atoms with Gasteiger partial charge in [0, 0.05) is 44.7 Å². The Balaban J connectivity index is 1.65. The second kappa shape index (κ2) is 10.6. The SMILES string of the molecule is COc1ccc(CN(C)C(=O)C2CCN(S(=O)(=O)c3cc([N+](=O)[O-])ccc3Cl)CC2)cc1OC. The third-order valence-corrected chi connectivity index (χ3v) is 8.17. The monoisotopic (exact) mass is 511 g/mol. The number of nitrogens with zero attached hydrogens (tertiary/aromatic N) is 3. The van der Waals surface area contributed by atoms with Crippen LogP contribution in [0.25, 0.3) is 0 Å². The summed E-state index contributed by atoms with van der Waals surface area (Å²) in [7, 11) is 0.754. The molecular weight excluding hydrogens is 486 g/mol. The van der Waals surface area contributed by atoms with Gasteiger partial charge < -0.3 is 14.4 Å². The van der Waals surface area contributed by atoms with Crippen LogP contribution < -0.4 is 9.47 Å². The quantitative estimate of drug-likeness (QED) is 0.394. The summed E-state index contributed by atoms with van der Waals surface area (Å²) in [6, 6.07) is 8.75. The summed E-state index contributed by atoms with van der Waals surface area (Å²) in [5, 5.41) is 11.0. The van der Waals surface area contributed by atoms with E-state index in [0.717, 1.165) is 17.7 Å². The first kappa shape index (κ1) is 25.7. The lowest BCUT2D eigenvalue weighted by molar-refractivity contribution is -0.385. The van der Waals surface area contributed by atoms with E-state index in [0.29, 0.717) is 30.9 Å². The molecule has 0 saturated carbocycles. The molecule has 1 fully saturated rings. The van der Waals surface area contributed by atoms with Crippen LogP contribution in [0.1, 0.15) is 18.4 Å². The second-order valence-electron chi connectivity index (χ2n) is 7.93. The van der Waals surface area contributed by atoms with Crippen LogP contribution in [0, 0.1) is 16.0 Å². The number of piperidine rings is 1. The molecule has 1 aliphatic rings. The van der Waals surface area contributed by atoms with Crippen molar-refractivity contribution in [3.63, 3.8) is 0 Å². The minimum atomic E-state index is -4.03. The normalized spacial score (nSPS) is 15.1. The van der Waals surface area contributed by atoms with Crippen molar-refractivity contribution in [3.8, 4) is 11.5 Å². The Hall–Kier alpha value is -2.89. The molecular formula is C22H26ClN3O7S. The predicted octanol–water partition coefficient (Wildman–Crippen LogP) is 3.32. The number of hydrogen-bond donors (Lipinski definition) is 0. The number of ether oxygens (including phenoxy) is 2. The van der Waals surface area contributed by atoms with E-state index in [4.69, 9.17) is 21.1 Å². The van der Waals surface area contributed by atoms with Gasteiger partial charge in [0.1, 0.15) is 4.90 Å². The van der Waals surface area contributed by atoms with Gasteiger partial charge in [-0.05, 0) is 36.6 Å². The molecule has 0 aliphatic carbocycles. The molecule has 0 N–H and O–H groups in total. The van der Waals surface area contributed by atoms with Gasteiger partial charge in [0.25, 0.3) is 5.69 Å². The van der Waals surface area contributed by atoms with Crippen molar-refractivity contribution in [1.29, 1.82) is 0 Å². The number of amides is 1. The number of nitro groups is 1. The zero-order valence-electron chi connectivity index (χ0n) is 19.1. The number of carbonyl (C=O) groups is 1. The lowest BCUT2D eigenvalue weighted by atomic mass is 9.96. The Morgan fingerprint density at radius 3 is 2.38 bits per heavy atom. The number of benzene rings is 2. The van der Waals surface area contributed by atoms with Crippen molar-refractivity contribution in [2.24, 2.45) is 5.92 Å². The second-order valence-corrected chi connectivity index (χ2v) is 10.2. The summed E-state index contributed by atoms with van der Waals surface area (Å²) in [5.74, 6) is 0.745. The summed E-state index contributed by atoms with van der Waals surface area (Å²) in [4.78, 5) is 24.7. The van der Waals surface area contributed by atoms with E-state index in [1.807, 2.05) is 6.07 Å². The fourth-order valence-electron chi connectivity index (χ4n) is 3.93. The molecule has 2 aromatic carbocycles. The lowest BCUT2D eigenvalue weighted by Gasteiger charge is -2.32. The number of hydrogen-bond acceptors (Lipinski definition) is 7. The Morgan fingerprint density at radius 2 is 1.79 bits per heavy atom. The van der Waals surface area contributed by atoms with Gasteiger partial charge >= 0.3 is 0 Å². The van der Waals surface area contributed by atoms with Crippen LogP contribution in [0.4, 0.5) is 5.69 Å². The molecule has 0 atom stereocenters. The minimum absolute atomic E-state index is 0.0831. The molecule has 1 heterocycles. The molecule has 3 rings (SSSR count). The number of rotatable bonds is 8. The summed E-state index contributed by atoms with van der Waals surface area (Å²) in [6.45, 7) is 0.588. The van der Waals surface area contributed by atoms with Gasteiger partial charge in [-0.1, -0.05) is 17.7 Å². The van der Waals surface area contributed by atoms with E-state index in [-0.39, 0.29) is 40.5 Å². The highest BCUT2D eigenvalue weighted by Crippen LogP contribution is 2.32. The first-order chi connectivity index (χ1) is 16.1. The van der Waals surface area contributed by atoms with Gasteiger partial charge in [-0.15, -0.1) is 0 Å². The predicted molar refractivity (Wildman–Crippen MR) is 126 cm³/mol. The summed E-state index contributed by atoms with van der Waals surface area (Å²) in [5.41, 5.74) is 0.513. The zero-order valence-corrected chi connectivity index (χ0v) is 20.6. The summed E-state index contributed by atoms with van der Waals surface area (Å²) >= 11 is 6.04. The van der Waals surface area contributed by atoms with Crippen LogP contribution in [0.2, 0.25) is 5.02 Å². The number of carbonyl (C=O) groups excluding carboxylic acids is 1. The van der Waals surface area contributed by atoms with E-state index >= 15 is 0 Å². The van der Waals surface area contributed by atoms with Crippen molar-refractivity contribution in [2.45, 2.75) is 24.3 Å². The van der Waals surface area contributed by atoms with Gasteiger partial charge in [-0.2, -0.15) is 4.31 Å². The smallest absolute Gasteiger partial charge is 0.270 e. The number of methoxy groups -OCH3 is 2. The number of sulfonamides is 1. The molecule has 0 radical (unpaired) electrons. The maximum Gasteiger partial charge on any atom is 0.270 e. The van der Waals surface area contributed by atoms with Gasteiger partial charge in [0.05, 0.1) is 24.2 Å². The number of halogens is 1. The lowest BCUT2D eigenvalue weighted by Crippen LogP contribution is -2.43.